The van der Waals surface area contributed by atoms with Crippen LogP contribution < -0.4 is 5.32 Å². The highest BCUT2D eigenvalue weighted by Crippen LogP contribution is 2.23. The van der Waals surface area contributed by atoms with E-state index in [-0.39, 0.29) is 5.91 Å². The summed E-state index contributed by atoms with van der Waals surface area (Å²) in [5, 5.41) is 4.55. The lowest BCUT2D eigenvalue weighted by molar-refractivity contribution is 0.102. The minimum Gasteiger partial charge on any atom is -0.358 e. The minimum absolute atomic E-state index is 0.125. The number of aromatic nitrogens is 2. The van der Waals surface area contributed by atoms with Crippen LogP contribution in [-0.4, -0.2) is 15.9 Å². The van der Waals surface area contributed by atoms with Crippen LogP contribution >= 0.6 is 11.3 Å². The second kappa shape index (κ2) is 4.76. The first-order valence-corrected chi connectivity index (χ1v) is 7.19. The van der Waals surface area contributed by atoms with Crippen molar-refractivity contribution in [2.24, 2.45) is 0 Å². The molecule has 3 aromatic rings. The average molecular weight is 285 g/mol. The highest BCUT2D eigenvalue weighted by Gasteiger charge is 2.11. The predicted octanol–water partition coefficient (Wildman–Crippen LogP) is 3.80. The van der Waals surface area contributed by atoms with Crippen molar-refractivity contribution in [1.29, 1.82) is 0 Å². The van der Waals surface area contributed by atoms with E-state index in [1.165, 1.54) is 16.9 Å². The fourth-order valence-electron chi connectivity index (χ4n) is 2.18. The van der Waals surface area contributed by atoms with Gasteiger partial charge in [-0.3, -0.25) is 10.1 Å². The topological polar surface area (TPSA) is 57.8 Å². The molecular weight excluding hydrogens is 270 g/mol. The molecule has 0 aliphatic carbocycles. The van der Waals surface area contributed by atoms with Gasteiger partial charge in [-0.05, 0) is 44.5 Å². The van der Waals surface area contributed by atoms with E-state index in [0.29, 0.717) is 10.7 Å². The molecule has 1 aromatic carbocycles. The summed E-state index contributed by atoms with van der Waals surface area (Å²) in [6.45, 7) is 6.05. The zero-order chi connectivity index (χ0) is 14.3. The molecule has 0 saturated carbocycles. The number of carbonyl (C=O) groups is 1. The summed E-state index contributed by atoms with van der Waals surface area (Å²) in [5.74, 6) is -0.125. The Hall–Kier alpha value is -2.14. The lowest BCUT2D eigenvalue weighted by Gasteiger charge is -2.02. The van der Waals surface area contributed by atoms with Crippen LogP contribution in [0.3, 0.4) is 0 Å². The number of amides is 1. The van der Waals surface area contributed by atoms with Crippen molar-refractivity contribution in [2.75, 3.05) is 5.32 Å². The fourth-order valence-corrected chi connectivity index (χ4v) is 2.84. The highest BCUT2D eigenvalue weighted by molar-refractivity contribution is 7.15. The Morgan fingerprint density at radius 3 is 2.80 bits per heavy atom. The number of benzene rings is 1. The third-order valence-corrected chi connectivity index (χ3v) is 4.24. The Morgan fingerprint density at radius 1 is 1.30 bits per heavy atom. The van der Waals surface area contributed by atoms with Crippen molar-refractivity contribution in [1.82, 2.24) is 9.97 Å². The monoisotopic (exact) mass is 285 g/mol. The molecule has 5 heteroatoms. The van der Waals surface area contributed by atoms with Crippen molar-refractivity contribution in [3.63, 3.8) is 0 Å². The number of aromatic amines is 1. The Balaban J connectivity index is 1.93. The van der Waals surface area contributed by atoms with Crippen LogP contribution in [0.5, 0.6) is 0 Å². The predicted molar refractivity (Wildman–Crippen MR) is 82.6 cm³/mol. The fraction of sp³-hybridized carbons (Fsp3) is 0.200. The number of thiazole rings is 1. The van der Waals surface area contributed by atoms with Gasteiger partial charge in [0.2, 0.25) is 0 Å². The summed E-state index contributed by atoms with van der Waals surface area (Å²) in [7, 11) is 0. The number of hydrogen-bond acceptors (Lipinski definition) is 3. The molecule has 0 unspecified atom stereocenters. The van der Waals surface area contributed by atoms with Crippen LogP contribution in [0.25, 0.3) is 10.9 Å². The largest absolute Gasteiger partial charge is 0.358 e. The molecule has 2 aromatic heterocycles. The van der Waals surface area contributed by atoms with Gasteiger partial charge < -0.3 is 4.98 Å². The molecule has 2 heterocycles. The van der Waals surface area contributed by atoms with Crippen molar-refractivity contribution in [2.45, 2.75) is 20.8 Å². The summed E-state index contributed by atoms with van der Waals surface area (Å²) in [4.78, 5) is 20.8. The SMILES string of the molecule is Cc1cnc(NC(=O)c2ccc3[nH]c(C)c(C)c3c2)s1. The Bertz CT molecular complexity index is 801. The van der Waals surface area contributed by atoms with E-state index in [1.807, 2.05) is 32.0 Å². The molecule has 4 nitrogen and oxygen atoms in total. The second-order valence-corrected chi connectivity index (χ2v) is 6.10. The standard InChI is InChI=1S/C15H15N3OS/c1-8-7-16-15(20-8)18-14(19)11-4-5-13-12(6-11)9(2)10(3)17-13/h4-7,17H,1-3H3,(H,16,18,19). The number of H-pyrrole nitrogens is 1. The molecule has 1 amide bonds. The number of nitrogens with one attached hydrogen (secondary N) is 2. The maximum absolute atomic E-state index is 12.2. The van der Waals surface area contributed by atoms with E-state index in [9.17, 15) is 4.79 Å². The molecule has 3 rings (SSSR count). The van der Waals surface area contributed by atoms with Crippen LogP contribution in [0.2, 0.25) is 0 Å². The molecule has 0 radical (unpaired) electrons. The van der Waals surface area contributed by atoms with E-state index in [4.69, 9.17) is 0 Å². The van der Waals surface area contributed by atoms with Gasteiger partial charge in [-0.15, -0.1) is 11.3 Å². The maximum atomic E-state index is 12.2. The minimum atomic E-state index is -0.125. The molecule has 0 spiro atoms. The molecular formula is C15H15N3OS. The lowest BCUT2D eigenvalue weighted by atomic mass is 10.1. The van der Waals surface area contributed by atoms with Crippen LogP contribution in [0.4, 0.5) is 5.13 Å². The van der Waals surface area contributed by atoms with Crippen LogP contribution in [0.1, 0.15) is 26.5 Å². The normalized spacial score (nSPS) is 10.9. The van der Waals surface area contributed by atoms with Gasteiger partial charge in [0.15, 0.2) is 5.13 Å². The highest BCUT2D eigenvalue weighted by atomic mass is 32.1. The third kappa shape index (κ3) is 2.20. The zero-order valence-corrected chi connectivity index (χ0v) is 12.4. The van der Waals surface area contributed by atoms with E-state index in [2.05, 4.69) is 22.2 Å². The number of carbonyl (C=O) groups excluding carboxylic acids is 1. The lowest BCUT2D eigenvalue weighted by Crippen LogP contribution is -2.11. The van der Waals surface area contributed by atoms with E-state index >= 15 is 0 Å². The first-order valence-electron chi connectivity index (χ1n) is 6.37. The molecule has 0 aliphatic rings. The molecule has 102 valence electrons. The third-order valence-electron chi connectivity index (χ3n) is 3.41. The Kier molecular flexibility index (Phi) is 3.06. The van der Waals surface area contributed by atoms with Crippen LogP contribution in [0, 0.1) is 20.8 Å². The van der Waals surface area contributed by atoms with Gasteiger partial charge in [0, 0.05) is 33.2 Å². The van der Waals surface area contributed by atoms with Crippen LogP contribution in [-0.2, 0) is 0 Å². The Morgan fingerprint density at radius 2 is 2.10 bits per heavy atom. The number of rotatable bonds is 2. The Labute approximate surface area is 120 Å². The number of anilines is 1. The molecule has 0 atom stereocenters. The number of hydrogen-bond donors (Lipinski definition) is 2. The number of fused-ring (bicyclic) bond motifs is 1. The average Bonchev–Trinajstić information content (AvgIpc) is 2.94. The van der Waals surface area contributed by atoms with Gasteiger partial charge in [0.05, 0.1) is 0 Å². The van der Waals surface area contributed by atoms with Gasteiger partial charge in [-0.2, -0.15) is 0 Å². The van der Waals surface area contributed by atoms with Crippen molar-refractivity contribution < 1.29 is 4.79 Å². The van der Waals surface area contributed by atoms with Gasteiger partial charge in [-0.1, -0.05) is 0 Å². The number of nitrogens with zero attached hydrogens (tertiary/aromatic N) is 1. The second-order valence-electron chi connectivity index (χ2n) is 4.87. The first-order chi connectivity index (χ1) is 9.54. The van der Waals surface area contributed by atoms with Crippen molar-refractivity contribution in [3.05, 3.63) is 46.1 Å². The molecule has 0 aliphatic heterocycles. The summed E-state index contributed by atoms with van der Waals surface area (Å²) in [5.41, 5.74) is 4.02. The first kappa shape index (κ1) is 12.9. The van der Waals surface area contributed by atoms with E-state index in [0.717, 1.165) is 21.5 Å². The summed E-state index contributed by atoms with van der Waals surface area (Å²) >= 11 is 1.47. The van der Waals surface area contributed by atoms with Crippen LogP contribution in [0.15, 0.2) is 24.4 Å². The van der Waals surface area contributed by atoms with E-state index in [1.54, 1.807) is 6.20 Å². The molecule has 0 fully saturated rings. The van der Waals surface area contributed by atoms with Gasteiger partial charge in [0.1, 0.15) is 0 Å². The maximum Gasteiger partial charge on any atom is 0.257 e. The molecule has 20 heavy (non-hydrogen) atoms. The summed E-state index contributed by atoms with van der Waals surface area (Å²) in [6.07, 6.45) is 1.75. The molecule has 2 N–H and O–H groups in total. The van der Waals surface area contributed by atoms with E-state index < -0.39 is 0 Å². The molecule has 0 bridgehead atoms. The molecule has 0 saturated heterocycles. The number of aryl methyl sites for hydroxylation is 3. The smallest absolute Gasteiger partial charge is 0.257 e. The quantitative estimate of drug-likeness (QED) is 0.752. The van der Waals surface area contributed by atoms with Gasteiger partial charge >= 0.3 is 0 Å². The summed E-state index contributed by atoms with van der Waals surface area (Å²) in [6, 6.07) is 5.69. The van der Waals surface area contributed by atoms with Gasteiger partial charge in [-0.25, -0.2) is 4.98 Å². The zero-order valence-electron chi connectivity index (χ0n) is 11.6. The summed E-state index contributed by atoms with van der Waals surface area (Å²) < 4.78 is 0. The van der Waals surface area contributed by atoms with Crippen molar-refractivity contribution >= 4 is 33.3 Å². The van der Waals surface area contributed by atoms with Crippen molar-refractivity contribution in [3.8, 4) is 0 Å². The van der Waals surface area contributed by atoms with Gasteiger partial charge in [0.25, 0.3) is 5.91 Å².